The van der Waals surface area contributed by atoms with Crippen molar-refractivity contribution < 1.29 is 13.9 Å². The maximum atomic E-state index is 12.3. The fourth-order valence-electron chi connectivity index (χ4n) is 3.85. The standard InChI is InChI=1S/C23H24N2O5/c1-28-21-13-17-16(12-23(27)30-20(17)14-22(21)29-2)15-24-8-10-25(11-9-24)18-6-4-3-5-7-19(18)26/h3-7,12-14H,8-11,15H2,1-2H3. The van der Waals surface area contributed by atoms with Gasteiger partial charge in [-0.2, -0.15) is 0 Å². The summed E-state index contributed by atoms with van der Waals surface area (Å²) in [5.41, 5.74) is 1.72. The van der Waals surface area contributed by atoms with Crippen molar-refractivity contribution in [2.24, 2.45) is 0 Å². The second kappa shape index (κ2) is 8.59. The summed E-state index contributed by atoms with van der Waals surface area (Å²) in [5.74, 6) is 1.10. The van der Waals surface area contributed by atoms with E-state index >= 15 is 0 Å². The molecule has 0 radical (unpaired) electrons. The molecular formula is C23H24N2O5. The number of piperazine rings is 1. The lowest BCUT2D eigenvalue weighted by atomic mass is 10.1. The fraction of sp³-hybridized carbons (Fsp3) is 0.304. The van der Waals surface area contributed by atoms with Crippen molar-refractivity contribution >= 4 is 16.7 Å². The van der Waals surface area contributed by atoms with Gasteiger partial charge in [0.2, 0.25) is 5.43 Å². The van der Waals surface area contributed by atoms with Crippen molar-refractivity contribution in [2.45, 2.75) is 6.54 Å². The van der Waals surface area contributed by atoms with E-state index in [2.05, 4.69) is 9.80 Å². The summed E-state index contributed by atoms with van der Waals surface area (Å²) in [7, 11) is 3.13. The van der Waals surface area contributed by atoms with Crippen LogP contribution in [0.5, 0.6) is 11.5 Å². The Balaban J connectivity index is 1.56. The number of benzene rings is 1. The molecule has 156 valence electrons. The van der Waals surface area contributed by atoms with Gasteiger partial charge in [0.15, 0.2) is 11.5 Å². The molecule has 30 heavy (non-hydrogen) atoms. The topological polar surface area (TPSA) is 72.2 Å². The average Bonchev–Trinajstić information content (AvgIpc) is 2.97. The summed E-state index contributed by atoms with van der Waals surface area (Å²) < 4.78 is 16.1. The van der Waals surface area contributed by atoms with Crippen LogP contribution in [0.2, 0.25) is 0 Å². The monoisotopic (exact) mass is 408 g/mol. The Labute approximate surface area is 174 Å². The van der Waals surface area contributed by atoms with Gasteiger partial charge >= 0.3 is 5.63 Å². The molecule has 1 aliphatic rings. The minimum absolute atomic E-state index is 0.0288. The molecule has 1 aliphatic heterocycles. The van der Waals surface area contributed by atoms with Crippen molar-refractivity contribution in [3.05, 3.63) is 74.7 Å². The Morgan fingerprint density at radius 2 is 1.60 bits per heavy atom. The van der Waals surface area contributed by atoms with E-state index in [4.69, 9.17) is 13.9 Å². The van der Waals surface area contributed by atoms with Crippen molar-refractivity contribution in [3.63, 3.8) is 0 Å². The summed E-state index contributed by atoms with van der Waals surface area (Å²) in [6.45, 7) is 3.67. The fourth-order valence-corrected chi connectivity index (χ4v) is 3.85. The number of rotatable bonds is 5. The van der Waals surface area contributed by atoms with Gasteiger partial charge in [-0.25, -0.2) is 4.79 Å². The number of hydrogen-bond donors (Lipinski definition) is 0. The van der Waals surface area contributed by atoms with Crippen molar-refractivity contribution in [3.8, 4) is 11.5 Å². The van der Waals surface area contributed by atoms with Crippen LogP contribution in [0.15, 0.2) is 62.5 Å². The van der Waals surface area contributed by atoms with E-state index < -0.39 is 5.63 Å². The molecule has 0 unspecified atom stereocenters. The molecule has 0 bridgehead atoms. The molecule has 7 heteroatoms. The second-order valence-corrected chi connectivity index (χ2v) is 7.22. The lowest BCUT2D eigenvalue weighted by molar-refractivity contribution is 0.250. The Kier molecular flexibility index (Phi) is 5.72. The smallest absolute Gasteiger partial charge is 0.336 e. The molecule has 4 rings (SSSR count). The van der Waals surface area contributed by atoms with Gasteiger partial charge in [-0.05, 0) is 23.8 Å². The van der Waals surface area contributed by atoms with Crippen molar-refractivity contribution in [2.75, 3.05) is 45.3 Å². The molecule has 1 saturated heterocycles. The number of anilines is 1. The number of nitrogens with zero attached hydrogens (tertiary/aromatic N) is 2. The van der Waals surface area contributed by atoms with Gasteiger partial charge < -0.3 is 18.8 Å². The van der Waals surface area contributed by atoms with Gasteiger partial charge in [-0.1, -0.05) is 18.2 Å². The SMILES string of the molecule is COc1cc2oc(=O)cc(CN3CCN(c4cccccc4=O)CC3)c2cc1OC. The van der Waals surface area contributed by atoms with Crippen LogP contribution in [0.4, 0.5) is 5.69 Å². The highest BCUT2D eigenvalue weighted by atomic mass is 16.5. The van der Waals surface area contributed by atoms with Crippen LogP contribution >= 0.6 is 0 Å². The van der Waals surface area contributed by atoms with E-state index in [0.717, 1.165) is 42.8 Å². The molecule has 0 N–H and O–H groups in total. The molecule has 0 aliphatic carbocycles. The maximum Gasteiger partial charge on any atom is 0.336 e. The van der Waals surface area contributed by atoms with Gasteiger partial charge in [0.25, 0.3) is 0 Å². The van der Waals surface area contributed by atoms with Gasteiger partial charge in [0.1, 0.15) is 5.58 Å². The summed E-state index contributed by atoms with van der Waals surface area (Å²) >= 11 is 0. The lowest BCUT2D eigenvalue weighted by Gasteiger charge is -2.35. The number of methoxy groups -OCH3 is 2. The van der Waals surface area contributed by atoms with E-state index in [0.29, 0.717) is 23.6 Å². The van der Waals surface area contributed by atoms with Crippen LogP contribution in [-0.2, 0) is 6.54 Å². The number of ether oxygens (including phenoxy) is 2. The molecule has 1 aromatic heterocycles. The zero-order chi connectivity index (χ0) is 21.1. The van der Waals surface area contributed by atoms with Gasteiger partial charge in [-0.15, -0.1) is 0 Å². The molecule has 3 aromatic rings. The summed E-state index contributed by atoms with van der Waals surface area (Å²) in [6.07, 6.45) is 0. The van der Waals surface area contributed by atoms with Crippen molar-refractivity contribution in [1.82, 2.24) is 4.90 Å². The first kappa shape index (κ1) is 20.0. The Morgan fingerprint density at radius 3 is 2.33 bits per heavy atom. The Hall–Kier alpha value is -3.32. The molecule has 1 fully saturated rings. The van der Waals surface area contributed by atoms with Gasteiger partial charge in [0, 0.05) is 50.2 Å². The molecule has 0 atom stereocenters. The quantitative estimate of drug-likeness (QED) is 0.601. The number of hydrogen-bond acceptors (Lipinski definition) is 7. The van der Waals surface area contributed by atoms with Crippen LogP contribution in [0.3, 0.4) is 0 Å². The zero-order valence-corrected chi connectivity index (χ0v) is 17.1. The Morgan fingerprint density at radius 1 is 0.900 bits per heavy atom. The average molecular weight is 408 g/mol. The van der Waals surface area contributed by atoms with Crippen LogP contribution in [0.25, 0.3) is 11.0 Å². The lowest BCUT2D eigenvalue weighted by Crippen LogP contribution is -2.47. The van der Waals surface area contributed by atoms with E-state index in [-0.39, 0.29) is 5.43 Å². The third kappa shape index (κ3) is 4.02. The molecule has 0 spiro atoms. The first-order chi connectivity index (χ1) is 14.6. The minimum atomic E-state index is -0.392. The van der Waals surface area contributed by atoms with Crippen LogP contribution in [0.1, 0.15) is 5.56 Å². The molecule has 0 saturated carbocycles. The van der Waals surface area contributed by atoms with Crippen molar-refractivity contribution in [1.29, 1.82) is 0 Å². The second-order valence-electron chi connectivity index (χ2n) is 7.22. The first-order valence-corrected chi connectivity index (χ1v) is 9.84. The summed E-state index contributed by atoms with van der Waals surface area (Å²) in [5, 5.41) is 0.826. The van der Waals surface area contributed by atoms with Gasteiger partial charge in [-0.3, -0.25) is 9.69 Å². The third-order valence-corrected chi connectivity index (χ3v) is 5.42. The number of fused-ring (bicyclic) bond motifs is 1. The highest BCUT2D eigenvalue weighted by molar-refractivity contribution is 5.84. The Bertz CT molecular complexity index is 1170. The van der Waals surface area contributed by atoms with Crippen LogP contribution < -0.4 is 25.4 Å². The molecule has 2 aromatic carbocycles. The van der Waals surface area contributed by atoms with Crippen LogP contribution in [-0.4, -0.2) is 45.3 Å². The first-order valence-electron chi connectivity index (χ1n) is 9.84. The minimum Gasteiger partial charge on any atom is -0.493 e. The molecular weight excluding hydrogens is 384 g/mol. The molecule has 0 amide bonds. The van der Waals surface area contributed by atoms with E-state index in [1.807, 2.05) is 24.3 Å². The molecule has 2 heterocycles. The predicted molar refractivity (Wildman–Crippen MR) is 116 cm³/mol. The largest absolute Gasteiger partial charge is 0.493 e. The maximum absolute atomic E-state index is 12.3. The highest BCUT2D eigenvalue weighted by Crippen LogP contribution is 2.33. The third-order valence-electron chi connectivity index (χ3n) is 5.42. The van der Waals surface area contributed by atoms with E-state index in [1.165, 1.54) is 6.07 Å². The van der Waals surface area contributed by atoms with E-state index in [1.54, 1.807) is 32.4 Å². The van der Waals surface area contributed by atoms with Gasteiger partial charge in [0.05, 0.1) is 19.9 Å². The normalized spacial score (nSPS) is 14.7. The summed E-state index contributed by atoms with van der Waals surface area (Å²) in [6, 6.07) is 14.0. The predicted octanol–water partition coefficient (Wildman–Crippen LogP) is 2.49. The summed E-state index contributed by atoms with van der Waals surface area (Å²) in [4.78, 5) is 28.8. The zero-order valence-electron chi connectivity index (χ0n) is 17.1. The molecule has 7 nitrogen and oxygen atoms in total. The van der Waals surface area contributed by atoms with Crippen LogP contribution in [0, 0.1) is 0 Å². The highest BCUT2D eigenvalue weighted by Gasteiger charge is 2.20. The van der Waals surface area contributed by atoms with E-state index in [9.17, 15) is 9.59 Å².